The highest BCUT2D eigenvalue weighted by Gasteiger charge is 2.42. The summed E-state index contributed by atoms with van der Waals surface area (Å²) in [4.78, 5) is 25.2. The average Bonchev–Trinajstić information content (AvgIpc) is 3.39. The van der Waals surface area contributed by atoms with Crippen LogP contribution in [0.15, 0.2) is 24.3 Å². The van der Waals surface area contributed by atoms with Crippen molar-refractivity contribution in [2.45, 2.75) is 63.6 Å². The second-order valence-electron chi connectivity index (χ2n) is 7.39. The average molecular weight is 368 g/mol. The van der Waals surface area contributed by atoms with Crippen LogP contribution in [-0.2, 0) is 15.8 Å². The molecule has 2 aliphatic rings. The van der Waals surface area contributed by atoms with Crippen LogP contribution in [0.5, 0.6) is 0 Å². The molecule has 2 saturated carbocycles. The molecule has 0 bridgehead atoms. The third-order valence-electron chi connectivity index (χ3n) is 5.18. The maximum Gasteiger partial charge on any atom is 0.416 e. The molecule has 0 aliphatic heterocycles. The van der Waals surface area contributed by atoms with Crippen molar-refractivity contribution in [1.29, 1.82) is 0 Å². The minimum Gasteiger partial charge on any atom is -0.353 e. The summed E-state index contributed by atoms with van der Waals surface area (Å²) in [5.41, 5.74) is -1.54. The second-order valence-corrected chi connectivity index (χ2v) is 7.39. The van der Waals surface area contributed by atoms with Gasteiger partial charge >= 0.3 is 6.18 Å². The van der Waals surface area contributed by atoms with Crippen LogP contribution in [-0.4, -0.2) is 17.9 Å². The molecule has 0 saturated heterocycles. The van der Waals surface area contributed by atoms with Gasteiger partial charge in [-0.1, -0.05) is 25.3 Å². The van der Waals surface area contributed by atoms with E-state index in [0.29, 0.717) is 12.8 Å². The highest BCUT2D eigenvalue weighted by atomic mass is 19.4. The van der Waals surface area contributed by atoms with Crippen LogP contribution in [0.1, 0.15) is 56.9 Å². The summed E-state index contributed by atoms with van der Waals surface area (Å²) in [5, 5.41) is 5.53. The quantitative estimate of drug-likeness (QED) is 0.816. The van der Waals surface area contributed by atoms with Crippen molar-refractivity contribution < 1.29 is 22.8 Å². The minimum atomic E-state index is -4.46. The van der Waals surface area contributed by atoms with Crippen LogP contribution in [0.3, 0.4) is 0 Å². The Bertz CT molecular complexity index is 678. The van der Waals surface area contributed by atoms with Gasteiger partial charge in [0.15, 0.2) is 0 Å². The van der Waals surface area contributed by atoms with Gasteiger partial charge in [0, 0.05) is 18.2 Å². The summed E-state index contributed by atoms with van der Waals surface area (Å²) in [6.07, 6.45) is 1.40. The molecule has 2 N–H and O–H groups in total. The number of nitrogens with one attached hydrogen (secondary N) is 2. The molecule has 0 heterocycles. The summed E-state index contributed by atoms with van der Waals surface area (Å²) in [6.45, 7) is 0. The number of carbonyl (C=O) groups is 2. The van der Waals surface area contributed by atoms with Crippen LogP contribution in [0.25, 0.3) is 0 Å². The Morgan fingerprint density at radius 2 is 1.81 bits per heavy atom. The van der Waals surface area contributed by atoms with Crippen LogP contribution < -0.4 is 10.6 Å². The molecule has 4 nitrogen and oxygen atoms in total. The lowest BCUT2D eigenvalue weighted by molar-refractivity contribution is -0.137. The monoisotopic (exact) mass is 368 g/mol. The smallest absolute Gasteiger partial charge is 0.353 e. The van der Waals surface area contributed by atoms with Crippen LogP contribution in [0.2, 0.25) is 0 Å². The highest BCUT2D eigenvalue weighted by molar-refractivity contribution is 5.98. The Morgan fingerprint density at radius 1 is 1.12 bits per heavy atom. The lowest BCUT2D eigenvalue weighted by atomic mass is 9.70. The predicted octanol–water partition coefficient (Wildman–Crippen LogP) is 4.26. The molecule has 0 spiro atoms. The topological polar surface area (TPSA) is 58.2 Å². The number of alkyl halides is 3. The Labute approximate surface area is 150 Å². The molecule has 142 valence electrons. The molecule has 1 aromatic rings. The van der Waals surface area contributed by atoms with E-state index in [4.69, 9.17) is 0 Å². The second kappa shape index (κ2) is 7.29. The van der Waals surface area contributed by atoms with Gasteiger partial charge in [0.1, 0.15) is 0 Å². The molecular weight excluding hydrogens is 345 g/mol. The van der Waals surface area contributed by atoms with E-state index in [9.17, 15) is 22.8 Å². The van der Waals surface area contributed by atoms with Gasteiger partial charge in [-0.2, -0.15) is 13.2 Å². The Morgan fingerprint density at radius 3 is 2.42 bits per heavy atom. The first-order valence-corrected chi connectivity index (χ1v) is 9.07. The van der Waals surface area contributed by atoms with Gasteiger partial charge in [-0.25, -0.2) is 0 Å². The molecule has 0 radical (unpaired) electrons. The van der Waals surface area contributed by atoms with Crippen molar-refractivity contribution in [2.75, 3.05) is 5.32 Å². The van der Waals surface area contributed by atoms with Crippen molar-refractivity contribution >= 4 is 17.5 Å². The molecule has 0 unspecified atom stereocenters. The Kier molecular flexibility index (Phi) is 5.25. The zero-order valence-electron chi connectivity index (χ0n) is 14.5. The summed E-state index contributed by atoms with van der Waals surface area (Å²) in [7, 11) is 0. The molecule has 2 aliphatic carbocycles. The molecule has 2 amide bonds. The summed E-state index contributed by atoms with van der Waals surface area (Å²) >= 11 is 0. The lowest BCUT2D eigenvalue weighted by Crippen LogP contribution is -2.42. The normalized spacial score (nSPS) is 19.7. The van der Waals surface area contributed by atoms with Gasteiger partial charge in [-0.05, 0) is 43.9 Å². The third-order valence-corrected chi connectivity index (χ3v) is 5.18. The summed E-state index contributed by atoms with van der Waals surface area (Å²) in [6, 6.07) is 4.82. The van der Waals surface area contributed by atoms with Gasteiger partial charge in [-0.15, -0.1) is 0 Å². The number of halogens is 3. The van der Waals surface area contributed by atoms with Crippen molar-refractivity contribution in [2.24, 2.45) is 5.41 Å². The van der Waals surface area contributed by atoms with Crippen molar-refractivity contribution in [3.63, 3.8) is 0 Å². The van der Waals surface area contributed by atoms with Gasteiger partial charge in [-0.3, -0.25) is 9.59 Å². The van der Waals surface area contributed by atoms with Gasteiger partial charge < -0.3 is 10.6 Å². The Balaban J connectivity index is 1.74. The number of hydrogen-bond acceptors (Lipinski definition) is 2. The first-order valence-electron chi connectivity index (χ1n) is 9.07. The van der Waals surface area contributed by atoms with Crippen LogP contribution in [0, 0.1) is 5.41 Å². The highest BCUT2D eigenvalue weighted by Crippen LogP contribution is 2.41. The van der Waals surface area contributed by atoms with Gasteiger partial charge in [0.2, 0.25) is 11.8 Å². The first-order chi connectivity index (χ1) is 12.3. The Hall–Kier alpha value is -2.05. The fourth-order valence-corrected chi connectivity index (χ4v) is 3.56. The lowest BCUT2D eigenvalue weighted by Gasteiger charge is -2.35. The fourth-order valence-electron chi connectivity index (χ4n) is 3.56. The number of carbonyl (C=O) groups excluding carboxylic acids is 2. The van der Waals surface area contributed by atoms with Crippen LogP contribution in [0.4, 0.5) is 18.9 Å². The SMILES string of the molecule is O=C(CC1(C(=O)Nc2cccc(C(F)(F)F)c2)CCCCC1)NC1CC1. The van der Waals surface area contributed by atoms with E-state index in [2.05, 4.69) is 10.6 Å². The molecule has 3 rings (SSSR count). The molecule has 2 fully saturated rings. The van der Waals surface area contributed by atoms with E-state index in [1.54, 1.807) is 0 Å². The van der Waals surface area contributed by atoms with E-state index in [1.165, 1.54) is 12.1 Å². The number of benzene rings is 1. The predicted molar refractivity (Wildman–Crippen MR) is 91.4 cm³/mol. The van der Waals surface area contributed by atoms with Crippen molar-refractivity contribution in [3.8, 4) is 0 Å². The van der Waals surface area contributed by atoms with E-state index >= 15 is 0 Å². The van der Waals surface area contributed by atoms with Crippen LogP contribution >= 0.6 is 0 Å². The molecule has 1 aromatic carbocycles. The standard InChI is InChI=1S/C19H23F3N2O2/c20-19(21,22)13-5-4-6-15(11-13)24-17(26)18(9-2-1-3-10-18)12-16(25)23-14-7-8-14/h4-6,11,14H,1-3,7-10,12H2,(H,23,25)(H,24,26). The maximum absolute atomic E-state index is 12.9. The number of hydrogen-bond donors (Lipinski definition) is 2. The molecule has 26 heavy (non-hydrogen) atoms. The number of amides is 2. The molecule has 7 heteroatoms. The molecular formula is C19H23F3N2O2. The molecule has 0 atom stereocenters. The van der Waals surface area contributed by atoms with E-state index in [-0.39, 0.29) is 30.0 Å². The van der Waals surface area contributed by atoms with E-state index in [0.717, 1.165) is 44.2 Å². The largest absolute Gasteiger partial charge is 0.416 e. The first kappa shape index (κ1) is 18.7. The van der Waals surface area contributed by atoms with Gasteiger partial charge in [0.05, 0.1) is 11.0 Å². The molecule has 0 aromatic heterocycles. The number of rotatable bonds is 5. The van der Waals surface area contributed by atoms with Crippen molar-refractivity contribution in [1.82, 2.24) is 5.32 Å². The number of anilines is 1. The minimum absolute atomic E-state index is 0.0916. The van der Waals surface area contributed by atoms with Gasteiger partial charge in [0.25, 0.3) is 0 Å². The zero-order valence-corrected chi connectivity index (χ0v) is 14.5. The fraction of sp³-hybridized carbons (Fsp3) is 0.579. The summed E-state index contributed by atoms with van der Waals surface area (Å²) < 4.78 is 38.6. The van der Waals surface area contributed by atoms with E-state index < -0.39 is 17.2 Å². The third kappa shape index (κ3) is 4.56. The van der Waals surface area contributed by atoms with Crippen molar-refractivity contribution in [3.05, 3.63) is 29.8 Å². The summed E-state index contributed by atoms with van der Waals surface area (Å²) in [5.74, 6) is -0.504. The maximum atomic E-state index is 12.9. The zero-order chi connectivity index (χ0) is 18.8. The van der Waals surface area contributed by atoms with E-state index in [1.807, 2.05) is 0 Å².